The number of hydrogen-bond donors (Lipinski definition) is 0. The Morgan fingerprint density at radius 3 is 1.88 bits per heavy atom. The van der Waals surface area contributed by atoms with Crippen molar-refractivity contribution in [2.45, 2.75) is 0 Å². The fourth-order valence-corrected chi connectivity index (χ4v) is 6.87. The van der Waals surface area contributed by atoms with Crippen LogP contribution >= 0.6 is 0 Å². The Bertz CT molecular complexity index is 2300. The van der Waals surface area contributed by atoms with Crippen LogP contribution in [-0.2, 0) is 0 Å². The Labute approximate surface area is 238 Å². The minimum atomic E-state index is 1.18. The summed E-state index contributed by atoms with van der Waals surface area (Å²) in [5.74, 6) is 0. The highest BCUT2D eigenvalue weighted by Gasteiger charge is 2.21. The summed E-state index contributed by atoms with van der Waals surface area (Å²) in [4.78, 5) is 0. The predicted molar refractivity (Wildman–Crippen MR) is 174 cm³/mol. The van der Waals surface area contributed by atoms with E-state index in [0.717, 1.165) is 0 Å². The second-order valence-electron chi connectivity index (χ2n) is 11.0. The molecule has 1 aromatic heterocycles. The summed E-state index contributed by atoms with van der Waals surface area (Å²) < 4.78 is 2.37. The predicted octanol–water partition coefficient (Wildman–Crippen LogP) is 10.9. The molecule has 0 spiro atoms. The van der Waals surface area contributed by atoms with Gasteiger partial charge in [-0.2, -0.15) is 0 Å². The van der Waals surface area contributed by atoms with Crippen molar-refractivity contribution in [3.63, 3.8) is 0 Å². The molecule has 0 aliphatic heterocycles. The highest BCUT2D eigenvalue weighted by Crippen LogP contribution is 2.48. The molecular weight excluding hydrogens is 494 g/mol. The van der Waals surface area contributed by atoms with Gasteiger partial charge in [-0.25, -0.2) is 0 Å². The van der Waals surface area contributed by atoms with Gasteiger partial charge in [0, 0.05) is 16.5 Å². The van der Waals surface area contributed by atoms with Gasteiger partial charge in [0.1, 0.15) is 0 Å². The molecule has 0 atom stereocenters. The van der Waals surface area contributed by atoms with Crippen molar-refractivity contribution in [2.75, 3.05) is 0 Å². The summed E-state index contributed by atoms with van der Waals surface area (Å²) in [5, 5.41) is 5.22. The maximum absolute atomic E-state index is 2.38. The molecular formula is C40H25N. The van der Waals surface area contributed by atoms with Crippen LogP contribution in [0.1, 0.15) is 0 Å². The Balaban J connectivity index is 1.20. The van der Waals surface area contributed by atoms with E-state index in [-0.39, 0.29) is 0 Å². The molecule has 1 heteroatoms. The average molecular weight is 520 g/mol. The number of rotatable bonds is 3. The molecule has 7 aromatic carbocycles. The molecule has 41 heavy (non-hydrogen) atoms. The lowest BCUT2D eigenvalue weighted by molar-refractivity contribution is 1.18. The highest BCUT2D eigenvalue weighted by atomic mass is 15.0. The van der Waals surface area contributed by atoms with Gasteiger partial charge in [0.25, 0.3) is 0 Å². The monoisotopic (exact) mass is 519 g/mol. The topological polar surface area (TPSA) is 4.93 Å². The van der Waals surface area contributed by atoms with Crippen molar-refractivity contribution < 1.29 is 0 Å². The van der Waals surface area contributed by atoms with E-state index < -0.39 is 0 Å². The minimum absolute atomic E-state index is 1.18. The van der Waals surface area contributed by atoms with Crippen molar-refractivity contribution >= 4 is 32.6 Å². The van der Waals surface area contributed by atoms with E-state index in [1.54, 1.807) is 0 Å². The fraction of sp³-hybridized carbons (Fsp3) is 0. The fourth-order valence-electron chi connectivity index (χ4n) is 6.87. The molecule has 1 aliphatic rings. The van der Waals surface area contributed by atoms with Crippen LogP contribution in [-0.4, -0.2) is 4.57 Å². The minimum Gasteiger partial charge on any atom is -0.309 e. The lowest BCUT2D eigenvalue weighted by Crippen LogP contribution is -1.92. The third kappa shape index (κ3) is 3.30. The van der Waals surface area contributed by atoms with E-state index in [9.17, 15) is 0 Å². The highest BCUT2D eigenvalue weighted by molar-refractivity contribution is 6.16. The first-order valence-corrected chi connectivity index (χ1v) is 14.2. The summed E-state index contributed by atoms with van der Waals surface area (Å²) in [7, 11) is 0. The van der Waals surface area contributed by atoms with Gasteiger partial charge >= 0.3 is 0 Å². The molecule has 0 fully saturated rings. The normalized spacial score (nSPS) is 11.9. The SMILES string of the molecule is c1ccc(-n2c3ccccc3c3cc(-c4cccc(-c5cc6c7c(cccc7c5)-c5ccccc5-6)c4)ccc32)cc1. The third-order valence-electron chi connectivity index (χ3n) is 8.70. The van der Waals surface area contributed by atoms with Gasteiger partial charge in [0.05, 0.1) is 11.0 Å². The van der Waals surface area contributed by atoms with Crippen molar-refractivity contribution in [1.29, 1.82) is 0 Å². The molecule has 0 radical (unpaired) electrons. The van der Waals surface area contributed by atoms with Crippen LogP contribution in [0.3, 0.4) is 0 Å². The van der Waals surface area contributed by atoms with Crippen molar-refractivity contribution in [3.8, 4) is 50.2 Å². The number of benzene rings is 7. The van der Waals surface area contributed by atoms with Crippen LogP contribution in [0.4, 0.5) is 0 Å². The molecule has 1 nitrogen and oxygen atoms in total. The second kappa shape index (κ2) is 8.55. The molecule has 9 rings (SSSR count). The Morgan fingerprint density at radius 1 is 0.341 bits per heavy atom. The number of nitrogens with zero attached hydrogens (tertiary/aromatic N) is 1. The summed E-state index contributed by atoms with van der Waals surface area (Å²) >= 11 is 0. The van der Waals surface area contributed by atoms with E-state index in [1.807, 2.05) is 0 Å². The molecule has 8 aromatic rings. The molecule has 0 unspecified atom stereocenters. The van der Waals surface area contributed by atoms with Gasteiger partial charge in [0.2, 0.25) is 0 Å². The van der Waals surface area contributed by atoms with Gasteiger partial charge in [-0.3, -0.25) is 0 Å². The van der Waals surface area contributed by atoms with Crippen LogP contribution in [0.5, 0.6) is 0 Å². The second-order valence-corrected chi connectivity index (χ2v) is 11.0. The Hall–Kier alpha value is -5.40. The Morgan fingerprint density at radius 2 is 1.00 bits per heavy atom. The molecule has 0 saturated heterocycles. The zero-order chi connectivity index (χ0) is 26.9. The first-order valence-electron chi connectivity index (χ1n) is 14.2. The number of hydrogen-bond acceptors (Lipinski definition) is 0. The van der Waals surface area contributed by atoms with Gasteiger partial charge in [-0.1, -0.05) is 103 Å². The van der Waals surface area contributed by atoms with E-state index in [0.29, 0.717) is 0 Å². The first-order chi connectivity index (χ1) is 20.3. The Kier molecular flexibility index (Phi) is 4.67. The van der Waals surface area contributed by atoms with E-state index in [4.69, 9.17) is 0 Å². The van der Waals surface area contributed by atoms with E-state index >= 15 is 0 Å². The van der Waals surface area contributed by atoms with Gasteiger partial charge < -0.3 is 4.57 Å². The lowest BCUT2D eigenvalue weighted by Gasteiger charge is -2.11. The molecule has 0 bridgehead atoms. The van der Waals surface area contributed by atoms with Crippen LogP contribution in [0.25, 0.3) is 82.8 Å². The lowest BCUT2D eigenvalue weighted by atomic mass is 9.94. The van der Waals surface area contributed by atoms with Crippen LogP contribution < -0.4 is 0 Å². The maximum Gasteiger partial charge on any atom is 0.0541 e. The van der Waals surface area contributed by atoms with Crippen LogP contribution in [0, 0.1) is 0 Å². The average Bonchev–Trinajstić information content (AvgIpc) is 3.55. The largest absolute Gasteiger partial charge is 0.309 e. The molecule has 1 heterocycles. The molecule has 0 saturated carbocycles. The van der Waals surface area contributed by atoms with Crippen LogP contribution in [0.15, 0.2) is 152 Å². The number of aromatic nitrogens is 1. The smallest absolute Gasteiger partial charge is 0.0541 e. The standard InChI is InChI=1S/C40H25N/c1-2-13-31(14-3-1)41-38-19-7-6-17-34(38)36-24-28(20-21-39(36)41)26-10-8-11-27(22-26)30-23-29-12-9-18-35-32-15-4-5-16-33(32)37(25-30)40(29)35/h1-25H. The summed E-state index contributed by atoms with van der Waals surface area (Å²) in [6.07, 6.45) is 0. The molecule has 1 aliphatic carbocycles. The van der Waals surface area contributed by atoms with Crippen molar-refractivity contribution in [2.24, 2.45) is 0 Å². The third-order valence-corrected chi connectivity index (χ3v) is 8.70. The molecule has 190 valence electrons. The molecule has 0 N–H and O–H groups in total. The maximum atomic E-state index is 2.38. The number of fused-ring (bicyclic) bond motifs is 6. The van der Waals surface area contributed by atoms with E-state index in [1.165, 1.54) is 82.8 Å². The van der Waals surface area contributed by atoms with Gasteiger partial charge in [-0.15, -0.1) is 0 Å². The quantitative estimate of drug-likeness (QED) is 0.219. The van der Waals surface area contributed by atoms with Crippen LogP contribution in [0.2, 0.25) is 0 Å². The van der Waals surface area contributed by atoms with E-state index in [2.05, 4.69) is 156 Å². The van der Waals surface area contributed by atoms with Crippen molar-refractivity contribution in [1.82, 2.24) is 4.57 Å². The summed E-state index contributed by atoms with van der Waals surface area (Å²) in [5.41, 5.74) is 13.9. The zero-order valence-electron chi connectivity index (χ0n) is 22.4. The number of para-hydroxylation sites is 2. The van der Waals surface area contributed by atoms with Gasteiger partial charge in [-0.05, 0) is 104 Å². The van der Waals surface area contributed by atoms with Gasteiger partial charge in [0.15, 0.2) is 0 Å². The summed E-state index contributed by atoms with van der Waals surface area (Å²) in [6, 6.07) is 55.5. The zero-order valence-corrected chi connectivity index (χ0v) is 22.4. The summed E-state index contributed by atoms with van der Waals surface area (Å²) in [6.45, 7) is 0. The molecule has 0 amide bonds. The first kappa shape index (κ1) is 22.4. The van der Waals surface area contributed by atoms with Crippen molar-refractivity contribution in [3.05, 3.63) is 152 Å².